The predicted octanol–water partition coefficient (Wildman–Crippen LogP) is 2.18. The molecular weight excluding hydrogens is 196 g/mol. The molecule has 0 spiro atoms. The van der Waals surface area contributed by atoms with Crippen molar-refractivity contribution in [2.24, 2.45) is 5.73 Å². The first kappa shape index (κ1) is 11.6. The van der Waals surface area contributed by atoms with E-state index < -0.39 is 0 Å². The Morgan fingerprint density at radius 2 is 2.00 bits per heavy atom. The molecule has 1 aromatic carbocycles. The van der Waals surface area contributed by atoms with Gasteiger partial charge in [0.2, 0.25) is 0 Å². The van der Waals surface area contributed by atoms with Crippen LogP contribution in [0.2, 0.25) is 0 Å². The van der Waals surface area contributed by atoms with Crippen LogP contribution in [-0.2, 0) is 0 Å². The number of nitrogens with one attached hydrogen (secondary N) is 1. The Morgan fingerprint density at radius 3 is 2.56 bits per heavy atom. The summed E-state index contributed by atoms with van der Waals surface area (Å²) in [5.41, 5.74) is 8.93. The van der Waals surface area contributed by atoms with Crippen LogP contribution in [0.1, 0.15) is 36.8 Å². The maximum atomic E-state index is 6.18. The van der Waals surface area contributed by atoms with E-state index >= 15 is 0 Å². The van der Waals surface area contributed by atoms with Crippen LogP contribution in [-0.4, -0.2) is 18.6 Å². The zero-order chi connectivity index (χ0) is 11.5. The van der Waals surface area contributed by atoms with Gasteiger partial charge >= 0.3 is 0 Å². The minimum Gasteiger partial charge on any atom is -0.326 e. The molecule has 16 heavy (non-hydrogen) atoms. The Kier molecular flexibility index (Phi) is 3.62. The summed E-state index contributed by atoms with van der Waals surface area (Å²) in [6.07, 6.45) is 2.23. The SMILES string of the molecule is CCC1NCC(c2ccc(C)cc2)CC1N. The lowest BCUT2D eigenvalue weighted by Gasteiger charge is -2.35. The summed E-state index contributed by atoms with van der Waals surface area (Å²) < 4.78 is 0. The van der Waals surface area contributed by atoms with E-state index in [1.807, 2.05) is 0 Å². The van der Waals surface area contributed by atoms with Crippen molar-refractivity contribution in [3.8, 4) is 0 Å². The molecule has 3 N–H and O–H groups in total. The van der Waals surface area contributed by atoms with Gasteiger partial charge in [-0.2, -0.15) is 0 Å². The Labute approximate surface area is 98.2 Å². The van der Waals surface area contributed by atoms with Crippen molar-refractivity contribution in [1.29, 1.82) is 0 Å². The number of piperidine rings is 1. The lowest BCUT2D eigenvalue weighted by Crippen LogP contribution is -2.51. The highest BCUT2D eigenvalue weighted by atomic mass is 15.0. The van der Waals surface area contributed by atoms with Crippen molar-refractivity contribution >= 4 is 0 Å². The van der Waals surface area contributed by atoms with Crippen LogP contribution in [0.3, 0.4) is 0 Å². The molecule has 0 radical (unpaired) electrons. The van der Waals surface area contributed by atoms with Gasteiger partial charge in [0.25, 0.3) is 0 Å². The molecular formula is C14H22N2. The van der Waals surface area contributed by atoms with E-state index in [0.717, 1.165) is 19.4 Å². The zero-order valence-electron chi connectivity index (χ0n) is 10.2. The van der Waals surface area contributed by atoms with Crippen molar-refractivity contribution in [2.45, 2.75) is 44.7 Å². The van der Waals surface area contributed by atoms with Gasteiger partial charge in [0.15, 0.2) is 0 Å². The van der Waals surface area contributed by atoms with E-state index in [1.54, 1.807) is 0 Å². The predicted molar refractivity (Wildman–Crippen MR) is 68.6 cm³/mol. The Morgan fingerprint density at radius 1 is 1.31 bits per heavy atom. The van der Waals surface area contributed by atoms with Crippen LogP contribution in [0.4, 0.5) is 0 Å². The third-order valence-corrected chi connectivity index (χ3v) is 3.69. The van der Waals surface area contributed by atoms with E-state index in [1.165, 1.54) is 11.1 Å². The molecule has 3 unspecified atom stereocenters. The number of aryl methyl sites for hydroxylation is 1. The molecule has 1 fully saturated rings. The van der Waals surface area contributed by atoms with E-state index in [-0.39, 0.29) is 0 Å². The summed E-state index contributed by atoms with van der Waals surface area (Å²) in [7, 11) is 0. The molecule has 0 amide bonds. The van der Waals surface area contributed by atoms with Crippen LogP contribution in [0.5, 0.6) is 0 Å². The molecule has 1 saturated heterocycles. The number of hydrogen-bond donors (Lipinski definition) is 2. The zero-order valence-corrected chi connectivity index (χ0v) is 10.2. The fourth-order valence-electron chi connectivity index (χ4n) is 2.56. The quantitative estimate of drug-likeness (QED) is 0.798. The monoisotopic (exact) mass is 218 g/mol. The summed E-state index contributed by atoms with van der Waals surface area (Å²) in [5, 5.41) is 3.56. The standard InChI is InChI=1S/C14H22N2/c1-3-14-13(15)8-12(9-16-14)11-6-4-10(2)5-7-11/h4-7,12-14,16H,3,8-9,15H2,1-2H3. The molecule has 0 bridgehead atoms. The van der Waals surface area contributed by atoms with Crippen LogP contribution >= 0.6 is 0 Å². The van der Waals surface area contributed by atoms with E-state index in [4.69, 9.17) is 5.73 Å². The van der Waals surface area contributed by atoms with Gasteiger partial charge in [-0.25, -0.2) is 0 Å². The highest BCUT2D eigenvalue weighted by molar-refractivity contribution is 5.25. The second-order valence-corrected chi connectivity index (χ2v) is 4.93. The van der Waals surface area contributed by atoms with Crippen LogP contribution in [0, 0.1) is 6.92 Å². The minimum absolute atomic E-state index is 0.296. The van der Waals surface area contributed by atoms with E-state index in [2.05, 4.69) is 43.4 Å². The molecule has 1 aliphatic heterocycles. The molecule has 1 aromatic rings. The lowest BCUT2D eigenvalue weighted by atomic mass is 9.85. The second-order valence-electron chi connectivity index (χ2n) is 4.93. The summed E-state index contributed by atoms with van der Waals surface area (Å²) in [4.78, 5) is 0. The molecule has 2 nitrogen and oxygen atoms in total. The maximum absolute atomic E-state index is 6.18. The molecule has 0 aliphatic carbocycles. The average Bonchev–Trinajstić information content (AvgIpc) is 2.30. The van der Waals surface area contributed by atoms with Gasteiger partial charge in [-0.3, -0.25) is 0 Å². The summed E-state index contributed by atoms with van der Waals surface area (Å²) in [6, 6.07) is 9.65. The minimum atomic E-state index is 0.296. The molecule has 0 aromatic heterocycles. The van der Waals surface area contributed by atoms with Crippen molar-refractivity contribution in [3.05, 3.63) is 35.4 Å². The van der Waals surface area contributed by atoms with Gasteiger partial charge < -0.3 is 11.1 Å². The normalized spacial score (nSPS) is 30.3. The average molecular weight is 218 g/mol. The van der Waals surface area contributed by atoms with E-state index in [9.17, 15) is 0 Å². The molecule has 0 saturated carbocycles. The van der Waals surface area contributed by atoms with Gasteiger partial charge in [-0.1, -0.05) is 36.8 Å². The topological polar surface area (TPSA) is 38.0 Å². The second kappa shape index (κ2) is 4.98. The Bertz CT molecular complexity index is 331. The first-order chi connectivity index (χ1) is 7.70. The number of benzene rings is 1. The number of rotatable bonds is 2. The summed E-state index contributed by atoms with van der Waals surface area (Å²) in [6.45, 7) is 5.39. The van der Waals surface area contributed by atoms with Gasteiger partial charge in [0.1, 0.15) is 0 Å². The third kappa shape index (κ3) is 2.45. The summed E-state index contributed by atoms with van der Waals surface area (Å²) >= 11 is 0. The van der Waals surface area contributed by atoms with Crippen LogP contribution in [0.25, 0.3) is 0 Å². The molecule has 88 valence electrons. The van der Waals surface area contributed by atoms with Gasteiger partial charge in [-0.15, -0.1) is 0 Å². The highest BCUT2D eigenvalue weighted by Gasteiger charge is 2.26. The Hall–Kier alpha value is -0.860. The molecule has 2 heteroatoms. The van der Waals surface area contributed by atoms with Crippen LogP contribution < -0.4 is 11.1 Å². The van der Waals surface area contributed by atoms with Crippen molar-refractivity contribution in [1.82, 2.24) is 5.32 Å². The third-order valence-electron chi connectivity index (χ3n) is 3.69. The summed E-state index contributed by atoms with van der Waals surface area (Å²) in [5.74, 6) is 0.582. The van der Waals surface area contributed by atoms with Gasteiger partial charge in [0.05, 0.1) is 0 Å². The molecule has 1 heterocycles. The first-order valence-electron chi connectivity index (χ1n) is 6.26. The van der Waals surface area contributed by atoms with Crippen LogP contribution in [0.15, 0.2) is 24.3 Å². The molecule has 1 aliphatic rings. The smallest absolute Gasteiger partial charge is 0.0216 e. The van der Waals surface area contributed by atoms with Gasteiger partial charge in [0, 0.05) is 18.6 Å². The van der Waals surface area contributed by atoms with Crippen molar-refractivity contribution < 1.29 is 0 Å². The largest absolute Gasteiger partial charge is 0.326 e. The molecule has 2 rings (SSSR count). The highest BCUT2D eigenvalue weighted by Crippen LogP contribution is 2.25. The lowest BCUT2D eigenvalue weighted by molar-refractivity contribution is 0.314. The number of hydrogen-bond acceptors (Lipinski definition) is 2. The maximum Gasteiger partial charge on any atom is 0.0216 e. The fourth-order valence-corrected chi connectivity index (χ4v) is 2.56. The van der Waals surface area contributed by atoms with E-state index in [0.29, 0.717) is 18.0 Å². The molecule has 3 atom stereocenters. The van der Waals surface area contributed by atoms with Crippen molar-refractivity contribution in [2.75, 3.05) is 6.54 Å². The first-order valence-corrected chi connectivity index (χ1v) is 6.26. The van der Waals surface area contributed by atoms with Crippen molar-refractivity contribution in [3.63, 3.8) is 0 Å². The number of nitrogens with two attached hydrogens (primary N) is 1. The van der Waals surface area contributed by atoms with Gasteiger partial charge in [-0.05, 0) is 31.2 Å². The fraction of sp³-hybridized carbons (Fsp3) is 0.571. The Balaban J connectivity index is 2.04.